The third-order valence-electron chi connectivity index (χ3n) is 3.71. The average Bonchev–Trinajstić information content (AvgIpc) is 2.47. The van der Waals surface area contributed by atoms with Crippen LogP contribution in [-0.4, -0.2) is 60.7 Å². The fraction of sp³-hybridized carbons (Fsp3) is 0.625. The lowest BCUT2D eigenvalue weighted by atomic mass is 10.1. The summed E-state index contributed by atoms with van der Waals surface area (Å²) in [6.45, 7) is 2.82. The number of likely N-dealkylation sites (tertiary alicyclic amines) is 1. The van der Waals surface area contributed by atoms with Gasteiger partial charge in [-0.15, -0.1) is 0 Å². The first-order chi connectivity index (χ1) is 10.2. The fourth-order valence-electron chi connectivity index (χ4n) is 2.67. The maximum Gasteiger partial charge on any atom is 0.124 e. The van der Waals surface area contributed by atoms with Gasteiger partial charge in [-0.3, -0.25) is 4.90 Å². The SMILES string of the molecule is COc1ccccc1COCC(O)CN1CCCC(O)C1. The van der Waals surface area contributed by atoms with Gasteiger partial charge in [-0.1, -0.05) is 18.2 Å². The van der Waals surface area contributed by atoms with Gasteiger partial charge in [0.1, 0.15) is 5.75 Å². The number of nitrogens with zero attached hydrogens (tertiary/aromatic N) is 1. The quantitative estimate of drug-likeness (QED) is 0.787. The Morgan fingerprint density at radius 3 is 2.95 bits per heavy atom. The summed E-state index contributed by atoms with van der Waals surface area (Å²) >= 11 is 0. The number of hydrogen-bond acceptors (Lipinski definition) is 5. The van der Waals surface area contributed by atoms with Crippen molar-refractivity contribution in [3.63, 3.8) is 0 Å². The topological polar surface area (TPSA) is 62.2 Å². The van der Waals surface area contributed by atoms with Gasteiger partial charge in [-0.05, 0) is 25.5 Å². The van der Waals surface area contributed by atoms with Gasteiger partial charge in [0.05, 0.1) is 32.5 Å². The molecule has 5 nitrogen and oxygen atoms in total. The second-order valence-corrected chi connectivity index (χ2v) is 5.54. The maximum atomic E-state index is 10.0. The van der Waals surface area contributed by atoms with Crippen LogP contribution >= 0.6 is 0 Å². The van der Waals surface area contributed by atoms with Crippen LogP contribution in [0.25, 0.3) is 0 Å². The van der Waals surface area contributed by atoms with Crippen LogP contribution in [0.4, 0.5) is 0 Å². The molecule has 2 rings (SSSR count). The van der Waals surface area contributed by atoms with Gasteiger partial charge in [0, 0.05) is 18.7 Å². The van der Waals surface area contributed by atoms with Crippen LogP contribution in [-0.2, 0) is 11.3 Å². The number of para-hydroxylation sites is 1. The molecule has 0 spiro atoms. The van der Waals surface area contributed by atoms with Crippen molar-refractivity contribution in [2.45, 2.75) is 31.7 Å². The summed E-state index contributed by atoms with van der Waals surface area (Å²) in [6, 6.07) is 7.70. The predicted octanol–water partition coefficient (Wildman–Crippen LogP) is 1.03. The highest BCUT2D eigenvalue weighted by atomic mass is 16.5. The van der Waals surface area contributed by atoms with Crippen LogP contribution in [0.3, 0.4) is 0 Å². The Balaban J connectivity index is 1.70. The highest BCUT2D eigenvalue weighted by Gasteiger charge is 2.20. The second kappa shape index (κ2) is 8.34. The van der Waals surface area contributed by atoms with Crippen molar-refractivity contribution in [3.05, 3.63) is 29.8 Å². The molecule has 1 aliphatic rings. The standard InChI is InChI=1S/C16H25NO4/c1-20-16-7-3-2-5-13(16)11-21-12-15(19)10-17-8-4-6-14(18)9-17/h2-3,5,7,14-15,18-19H,4,6,8-12H2,1H3. The van der Waals surface area contributed by atoms with Crippen LogP contribution in [0.1, 0.15) is 18.4 Å². The number of piperidine rings is 1. The van der Waals surface area contributed by atoms with Gasteiger partial charge in [-0.25, -0.2) is 0 Å². The number of methoxy groups -OCH3 is 1. The number of rotatable bonds is 7. The highest BCUT2D eigenvalue weighted by Crippen LogP contribution is 2.18. The van der Waals surface area contributed by atoms with Gasteiger partial charge in [0.2, 0.25) is 0 Å². The molecule has 1 aromatic rings. The Hall–Kier alpha value is -1.14. The lowest BCUT2D eigenvalue weighted by molar-refractivity contribution is -0.00765. The van der Waals surface area contributed by atoms with E-state index in [1.54, 1.807) is 7.11 Å². The van der Waals surface area contributed by atoms with Crippen LogP contribution in [0.15, 0.2) is 24.3 Å². The molecule has 0 aromatic heterocycles. The van der Waals surface area contributed by atoms with Gasteiger partial charge in [0.15, 0.2) is 0 Å². The highest BCUT2D eigenvalue weighted by molar-refractivity contribution is 5.32. The van der Waals surface area contributed by atoms with Crippen molar-refractivity contribution in [1.82, 2.24) is 4.90 Å². The molecule has 0 saturated carbocycles. The number of hydrogen-bond donors (Lipinski definition) is 2. The van der Waals surface area contributed by atoms with Crippen LogP contribution in [0.5, 0.6) is 5.75 Å². The van der Waals surface area contributed by atoms with E-state index in [2.05, 4.69) is 4.90 Å². The molecule has 118 valence electrons. The summed E-state index contributed by atoms with van der Waals surface area (Å²) < 4.78 is 10.8. The molecular weight excluding hydrogens is 270 g/mol. The molecule has 1 fully saturated rings. The van der Waals surface area contributed by atoms with Gasteiger partial charge >= 0.3 is 0 Å². The molecule has 1 heterocycles. The van der Waals surface area contributed by atoms with Crippen molar-refractivity contribution in [2.75, 3.05) is 33.4 Å². The summed E-state index contributed by atoms with van der Waals surface area (Å²) in [5, 5.41) is 19.6. The molecule has 0 amide bonds. The first-order valence-corrected chi connectivity index (χ1v) is 7.47. The minimum atomic E-state index is -0.537. The Kier molecular flexibility index (Phi) is 6.45. The number of aliphatic hydroxyl groups is 2. The zero-order chi connectivity index (χ0) is 15.1. The van der Waals surface area contributed by atoms with E-state index in [0.717, 1.165) is 30.7 Å². The molecule has 0 bridgehead atoms. The van der Waals surface area contributed by atoms with Crippen molar-refractivity contribution in [2.24, 2.45) is 0 Å². The first kappa shape index (κ1) is 16.2. The molecule has 0 aliphatic carbocycles. The Labute approximate surface area is 126 Å². The molecule has 2 atom stereocenters. The van der Waals surface area contributed by atoms with E-state index in [0.29, 0.717) is 19.7 Å². The Bertz CT molecular complexity index is 426. The van der Waals surface area contributed by atoms with E-state index in [1.807, 2.05) is 24.3 Å². The largest absolute Gasteiger partial charge is 0.496 e. The smallest absolute Gasteiger partial charge is 0.124 e. The van der Waals surface area contributed by atoms with E-state index in [4.69, 9.17) is 9.47 Å². The summed E-state index contributed by atoms with van der Waals surface area (Å²) in [4.78, 5) is 2.09. The van der Waals surface area contributed by atoms with E-state index >= 15 is 0 Å². The lowest BCUT2D eigenvalue weighted by Crippen LogP contribution is -2.43. The fourth-order valence-corrected chi connectivity index (χ4v) is 2.67. The minimum absolute atomic E-state index is 0.263. The lowest BCUT2D eigenvalue weighted by Gasteiger charge is -2.31. The van der Waals surface area contributed by atoms with Crippen molar-refractivity contribution in [1.29, 1.82) is 0 Å². The van der Waals surface area contributed by atoms with Gasteiger partial charge in [0.25, 0.3) is 0 Å². The summed E-state index contributed by atoms with van der Waals surface area (Å²) in [6.07, 6.45) is 1.04. The number of benzene rings is 1. The average molecular weight is 295 g/mol. The van der Waals surface area contributed by atoms with Crippen molar-refractivity contribution >= 4 is 0 Å². The molecule has 2 N–H and O–H groups in total. The summed E-state index contributed by atoms with van der Waals surface area (Å²) in [5.74, 6) is 0.797. The Morgan fingerprint density at radius 2 is 2.19 bits per heavy atom. The molecule has 1 aliphatic heterocycles. The van der Waals surface area contributed by atoms with E-state index in [1.165, 1.54) is 0 Å². The van der Waals surface area contributed by atoms with Crippen LogP contribution in [0, 0.1) is 0 Å². The number of ether oxygens (including phenoxy) is 2. The summed E-state index contributed by atoms with van der Waals surface area (Å²) in [7, 11) is 1.63. The third-order valence-corrected chi connectivity index (χ3v) is 3.71. The normalized spacial score (nSPS) is 21.2. The van der Waals surface area contributed by atoms with E-state index in [9.17, 15) is 10.2 Å². The van der Waals surface area contributed by atoms with Gasteiger partial charge < -0.3 is 19.7 Å². The zero-order valence-corrected chi connectivity index (χ0v) is 12.6. The monoisotopic (exact) mass is 295 g/mol. The minimum Gasteiger partial charge on any atom is -0.496 e. The van der Waals surface area contributed by atoms with Crippen LogP contribution in [0.2, 0.25) is 0 Å². The number of aliphatic hydroxyl groups excluding tert-OH is 2. The molecule has 0 radical (unpaired) electrons. The third kappa shape index (κ3) is 5.28. The molecule has 5 heteroatoms. The molecular formula is C16H25NO4. The maximum absolute atomic E-state index is 10.0. The van der Waals surface area contributed by atoms with Crippen LogP contribution < -0.4 is 4.74 Å². The number of β-amino-alcohol motifs (C(OH)–C–C–N with tert-alkyl or cyclic N) is 2. The predicted molar refractivity (Wildman–Crippen MR) is 80.3 cm³/mol. The second-order valence-electron chi connectivity index (χ2n) is 5.54. The van der Waals surface area contributed by atoms with Crippen molar-refractivity contribution < 1.29 is 19.7 Å². The van der Waals surface area contributed by atoms with Gasteiger partial charge in [-0.2, -0.15) is 0 Å². The van der Waals surface area contributed by atoms with E-state index in [-0.39, 0.29) is 12.7 Å². The molecule has 21 heavy (non-hydrogen) atoms. The molecule has 1 aromatic carbocycles. The molecule has 1 saturated heterocycles. The first-order valence-electron chi connectivity index (χ1n) is 7.47. The Morgan fingerprint density at radius 1 is 1.38 bits per heavy atom. The molecule has 2 unspecified atom stereocenters. The summed E-state index contributed by atoms with van der Waals surface area (Å²) in [5.41, 5.74) is 0.973. The zero-order valence-electron chi connectivity index (χ0n) is 12.6. The van der Waals surface area contributed by atoms with E-state index < -0.39 is 6.10 Å². The van der Waals surface area contributed by atoms with Crippen molar-refractivity contribution in [3.8, 4) is 5.75 Å².